The number of rotatable bonds is 1. The van der Waals surface area contributed by atoms with Crippen LogP contribution in [0.5, 0.6) is 5.75 Å². The second-order valence-electron chi connectivity index (χ2n) is 3.23. The van der Waals surface area contributed by atoms with Crippen LogP contribution in [0.15, 0.2) is 40.8 Å². The number of thiazole rings is 1. The van der Waals surface area contributed by atoms with E-state index >= 15 is 0 Å². The fraction of sp³-hybridized carbons (Fsp3) is 0.0909. The molecule has 0 radical (unpaired) electrons. The number of phenols is 1. The Morgan fingerprint density at radius 2 is 2.19 bits per heavy atom. The molecule has 0 spiro atoms. The Morgan fingerprint density at radius 3 is 2.81 bits per heavy atom. The molecule has 82 valence electrons. The summed E-state index contributed by atoms with van der Waals surface area (Å²) in [5, 5.41) is 11.3. The number of carbonyl (C=O) groups excluding carboxylic acids is 1. The second kappa shape index (κ2) is 4.32. The van der Waals surface area contributed by atoms with Gasteiger partial charge >= 0.3 is 0 Å². The van der Waals surface area contributed by atoms with E-state index in [-0.39, 0.29) is 11.3 Å². The van der Waals surface area contributed by atoms with Crippen LogP contribution in [0.1, 0.15) is 10.4 Å². The van der Waals surface area contributed by atoms with Crippen molar-refractivity contribution in [2.24, 2.45) is 12.0 Å². The zero-order valence-electron chi connectivity index (χ0n) is 8.62. The molecule has 1 amide bonds. The number of hydrogen-bond donors (Lipinski definition) is 1. The first-order valence-corrected chi connectivity index (χ1v) is 5.53. The highest BCUT2D eigenvalue weighted by Crippen LogP contribution is 2.16. The third kappa shape index (κ3) is 2.04. The van der Waals surface area contributed by atoms with E-state index in [4.69, 9.17) is 0 Å². The van der Waals surface area contributed by atoms with Gasteiger partial charge in [0, 0.05) is 18.6 Å². The van der Waals surface area contributed by atoms with Crippen molar-refractivity contribution in [3.63, 3.8) is 0 Å². The van der Waals surface area contributed by atoms with Crippen LogP contribution in [-0.4, -0.2) is 15.6 Å². The number of carbonyl (C=O) groups is 1. The minimum absolute atomic E-state index is 0.0459. The van der Waals surface area contributed by atoms with E-state index in [1.54, 1.807) is 22.8 Å². The van der Waals surface area contributed by atoms with E-state index in [1.807, 2.05) is 18.6 Å². The maximum atomic E-state index is 11.8. The van der Waals surface area contributed by atoms with Crippen molar-refractivity contribution in [3.8, 4) is 5.75 Å². The number of aromatic hydroxyl groups is 1. The Bertz CT molecular complexity index is 583. The summed E-state index contributed by atoms with van der Waals surface area (Å²) in [6.07, 6.45) is 1.82. The maximum Gasteiger partial charge on any atom is 0.283 e. The first-order chi connectivity index (χ1) is 7.68. The molecular formula is C11H10N2O2S. The van der Waals surface area contributed by atoms with E-state index < -0.39 is 5.91 Å². The summed E-state index contributed by atoms with van der Waals surface area (Å²) in [5.41, 5.74) is 0.218. The van der Waals surface area contributed by atoms with Gasteiger partial charge in [-0.3, -0.25) is 4.79 Å². The van der Waals surface area contributed by atoms with Crippen molar-refractivity contribution in [2.75, 3.05) is 0 Å². The molecule has 4 nitrogen and oxygen atoms in total. The number of aryl methyl sites for hydroxylation is 1. The van der Waals surface area contributed by atoms with Crippen LogP contribution in [-0.2, 0) is 7.05 Å². The Hall–Kier alpha value is -1.88. The summed E-state index contributed by atoms with van der Waals surface area (Å²) in [6.45, 7) is 0. The van der Waals surface area contributed by atoms with Crippen LogP contribution in [0.2, 0.25) is 0 Å². The third-order valence-corrected chi connectivity index (χ3v) is 2.94. The maximum absolute atomic E-state index is 11.8. The second-order valence-corrected chi connectivity index (χ2v) is 4.10. The monoisotopic (exact) mass is 234 g/mol. The van der Waals surface area contributed by atoms with E-state index in [0.717, 1.165) is 0 Å². The van der Waals surface area contributed by atoms with Crippen molar-refractivity contribution in [3.05, 3.63) is 46.2 Å². The van der Waals surface area contributed by atoms with Crippen LogP contribution in [0, 0.1) is 0 Å². The van der Waals surface area contributed by atoms with Crippen molar-refractivity contribution in [2.45, 2.75) is 0 Å². The highest BCUT2D eigenvalue weighted by atomic mass is 32.1. The molecule has 0 aliphatic heterocycles. The Kier molecular flexibility index (Phi) is 2.87. The predicted octanol–water partition coefficient (Wildman–Crippen LogP) is 1.53. The normalized spacial score (nSPS) is 11.7. The van der Waals surface area contributed by atoms with Crippen molar-refractivity contribution >= 4 is 17.2 Å². The van der Waals surface area contributed by atoms with Gasteiger partial charge < -0.3 is 9.67 Å². The topological polar surface area (TPSA) is 54.6 Å². The third-order valence-electron chi connectivity index (χ3n) is 2.09. The number of benzene rings is 1. The Balaban J connectivity index is 2.43. The Labute approximate surface area is 96.1 Å². The van der Waals surface area contributed by atoms with Gasteiger partial charge in [-0.15, -0.1) is 11.3 Å². The molecule has 5 heteroatoms. The van der Waals surface area contributed by atoms with Crippen LogP contribution in [0.4, 0.5) is 0 Å². The van der Waals surface area contributed by atoms with Crippen LogP contribution >= 0.6 is 11.3 Å². The predicted molar refractivity (Wildman–Crippen MR) is 61.3 cm³/mol. The Morgan fingerprint density at radius 1 is 1.44 bits per heavy atom. The molecule has 0 saturated carbocycles. The highest BCUT2D eigenvalue weighted by Gasteiger charge is 2.08. The summed E-state index contributed by atoms with van der Waals surface area (Å²) in [4.78, 5) is 16.3. The van der Waals surface area contributed by atoms with Gasteiger partial charge in [-0.25, -0.2) is 0 Å². The molecule has 1 aromatic heterocycles. The van der Waals surface area contributed by atoms with E-state index in [2.05, 4.69) is 4.99 Å². The number of phenolic OH excluding ortho intramolecular Hbond substituents is 1. The average molecular weight is 234 g/mol. The molecule has 0 bridgehead atoms. The smallest absolute Gasteiger partial charge is 0.283 e. The summed E-state index contributed by atoms with van der Waals surface area (Å²) in [5.74, 6) is -0.480. The number of aromatic nitrogens is 1. The standard InChI is InChI=1S/C11H10N2O2S/c1-13-6-7-16-11(13)12-10(15)8-4-2-3-5-9(8)14/h2-7,14H,1H3. The van der Waals surface area contributed by atoms with Gasteiger partial charge in [0.2, 0.25) is 0 Å². The molecule has 0 aliphatic rings. The molecular weight excluding hydrogens is 224 g/mol. The van der Waals surface area contributed by atoms with Crippen molar-refractivity contribution in [1.29, 1.82) is 0 Å². The quantitative estimate of drug-likeness (QED) is 0.813. The fourth-order valence-corrected chi connectivity index (χ4v) is 1.96. The highest BCUT2D eigenvalue weighted by molar-refractivity contribution is 7.07. The van der Waals surface area contributed by atoms with Gasteiger partial charge in [-0.05, 0) is 12.1 Å². The molecule has 1 N–H and O–H groups in total. The lowest BCUT2D eigenvalue weighted by Gasteiger charge is -1.97. The minimum Gasteiger partial charge on any atom is -0.507 e. The number of para-hydroxylation sites is 1. The van der Waals surface area contributed by atoms with Crippen LogP contribution in [0.25, 0.3) is 0 Å². The van der Waals surface area contributed by atoms with Gasteiger partial charge in [0.05, 0.1) is 5.56 Å². The van der Waals surface area contributed by atoms with Crippen LogP contribution in [0.3, 0.4) is 0 Å². The van der Waals surface area contributed by atoms with E-state index in [9.17, 15) is 9.90 Å². The van der Waals surface area contributed by atoms with Gasteiger partial charge in [-0.1, -0.05) is 12.1 Å². The molecule has 1 heterocycles. The first kappa shape index (κ1) is 10.6. The van der Waals surface area contributed by atoms with Crippen molar-refractivity contribution < 1.29 is 9.90 Å². The molecule has 1 aromatic carbocycles. The lowest BCUT2D eigenvalue weighted by Crippen LogP contribution is -2.12. The zero-order chi connectivity index (χ0) is 11.5. The molecule has 2 rings (SSSR count). The molecule has 16 heavy (non-hydrogen) atoms. The SMILES string of the molecule is Cn1ccsc1=NC(=O)c1ccccc1O. The molecule has 0 aliphatic carbocycles. The van der Waals surface area contributed by atoms with Gasteiger partial charge in [0.15, 0.2) is 4.80 Å². The number of amides is 1. The van der Waals surface area contributed by atoms with E-state index in [1.165, 1.54) is 17.4 Å². The lowest BCUT2D eigenvalue weighted by molar-refractivity contribution is 0.0995. The van der Waals surface area contributed by atoms with Gasteiger partial charge in [-0.2, -0.15) is 4.99 Å². The number of hydrogen-bond acceptors (Lipinski definition) is 3. The van der Waals surface area contributed by atoms with Gasteiger partial charge in [0.1, 0.15) is 5.75 Å². The van der Waals surface area contributed by atoms with Crippen molar-refractivity contribution in [1.82, 2.24) is 4.57 Å². The summed E-state index contributed by atoms with van der Waals surface area (Å²) in [6, 6.07) is 6.38. The summed E-state index contributed by atoms with van der Waals surface area (Å²) in [7, 11) is 1.81. The molecule has 0 saturated heterocycles. The molecule has 0 unspecified atom stereocenters. The molecule has 0 atom stereocenters. The lowest BCUT2D eigenvalue weighted by atomic mass is 10.2. The van der Waals surface area contributed by atoms with E-state index in [0.29, 0.717) is 4.80 Å². The molecule has 2 aromatic rings. The largest absolute Gasteiger partial charge is 0.507 e. The minimum atomic E-state index is -0.434. The number of nitrogens with zero attached hydrogens (tertiary/aromatic N) is 2. The zero-order valence-corrected chi connectivity index (χ0v) is 9.44. The average Bonchev–Trinajstić information content (AvgIpc) is 2.65. The van der Waals surface area contributed by atoms with Crippen LogP contribution < -0.4 is 4.80 Å². The molecule has 0 fully saturated rings. The summed E-state index contributed by atoms with van der Waals surface area (Å²) >= 11 is 1.37. The summed E-state index contributed by atoms with van der Waals surface area (Å²) < 4.78 is 1.75. The first-order valence-electron chi connectivity index (χ1n) is 4.65. The fourth-order valence-electron chi connectivity index (χ4n) is 1.24. The van der Waals surface area contributed by atoms with Gasteiger partial charge in [0.25, 0.3) is 5.91 Å².